The van der Waals surface area contributed by atoms with E-state index in [0.717, 1.165) is 23.6 Å². The first-order valence-electron chi connectivity index (χ1n) is 7.09. The molecule has 0 aliphatic rings. The van der Waals surface area contributed by atoms with Crippen molar-refractivity contribution in [3.8, 4) is 0 Å². The van der Waals surface area contributed by atoms with Gasteiger partial charge in [-0.1, -0.05) is 17.7 Å². The summed E-state index contributed by atoms with van der Waals surface area (Å²) in [5.41, 5.74) is -4.34. The normalized spacial score (nSPS) is 12.8. The van der Waals surface area contributed by atoms with Gasteiger partial charge < -0.3 is 10.6 Å². The highest BCUT2D eigenvalue weighted by Gasteiger charge is 2.73. The zero-order chi connectivity index (χ0) is 19.8. The van der Waals surface area contributed by atoms with Gasteiger partial charge in [0, 0.05) is 16.6 Å². The molecule has 26 heavy (non-hydrogen) atoms. The van der Waals surface area contributed by atoms with Crippen molar-refractivity contribution in [3.63, 3.8) is 0 Å². The molecule has 1 aromatic carbocycles. The minimum atomic E-state index is -5.88. The molecule has 0 radical (unpaired) electrons. The van der Waals surface area contributed by atoms with Crippen LogP contribution in [0.25, 0.3) is 0 Å². The molecule has 1 amide bonds. The maximum atomic E-state index is 13.5. The molecule has 4 nitrogen and oxygen atoms in total. The lowest BCUT2D eigenvalue weighted by atomic mass is 10.1. The van der Waals surface area contributed by atoms with Gasteiger partial charge in [0.15, 0.2) is 5.13 Å². The second-order valence-electron chi connectivity index (χ2n) is 5.47. The molecule has 2 N–H and O–H groups in total. The lowest BCUT2D eigenvalue weighted by Gasteiger charge is -2.38. The van der Waals surface area contributed by atoms with Crippen LogP contribution >= 0.6 is 11.3 Å². The molecule has 0 bridgehead atoms. The van der Waals surface area contributed by atoms with Gasteiger partial charge in [0.25, 0.3) is 5.91 Å². The number of aryl methyl sites for hydroxylation is 2. The largest absolute Gasteiger partial charge is 0.439 e. The van der Waals surface area contributed by atoms with Gasteiger partial charge in [-0.15, -0.1) is 11.3 Å². The van der Waals surface area contributed by atoms with Crippen molar-refractivity contribution in [2.45, 2.75) is 31.9 Å². The Balaban J connectivity index is 2.47. The number of nitrogens with one attached hydrogen (secondary N) is 2. The van der Waals surface area contributed by atoms with Crippen molar-refractivity contribution in [3.05, 3.63) is 46.5 Å². The Hall–Kier alpha value is -2.30. The Morgan fingerprint density at radius 1 is 1.00 bits per heavy atom. The SMILES string of the molecule is Cc1ccc(C(=O)NC(Nc2ncc(C)s2)(C(F)(F)F)C(F)(F)F)cc1. The van der Waals surface area contributed by atoms with Crippen molar-refractivity contribution >= 4 is 22.4 Å². The van der Waals surface area contributed by atoms with E-state index in [1.807, 2.05) is 0 Å². The molecule has 0 aliphatic heterocycles. The first-order chi connectivity index (χ1) is 11.9. The fourth-order valence-corrected chi connectivity index (χ4v) is 2.72. The Morgan fingerprint density at radius 3 is 1.96 bits per heavy atom. The number of amides is 1. The molecule has 0 spiro atoms. The fraction of sp³-hybridized carbons (Fsp3) is 0.333. The fourth-order valence-electron chi connectivity index (χ4n) is 2.00. The number of hydrogen-bond acceptors (Lipinski definition) is 4. The maximum absolute atomic E-state index is 13.5. The lowest BCUT2D eigenvalue weighted by molar-refractivity contribution is -0.294. The molecule has 1 aromatic heterocycles. The first kappa shape index (κ1) is 20.0. The van der Waals surface area contributed by atoms with Gasteiger partial charge in [-0.25, -0.2) is 4.98 Å². The molecule has 0 unspecified atom stereocenters. The van der Waals surface area contributed by atoms with E-state index in [-0.39, 0.29) is 5.56 Å². The Labute approximate surface area is 148 Å². The molecule has 11 heteroatoms. The summed E-state index contributed by atoms with van der Waals surface area (Å²) in [6.45, 7) is 3.13. The number of anilines is 1. The number of carbonyl (C=O) groups excluding carboxylic acids is 1. The number of carbonyl (C=O) groups is 1. The van der Waals surface area contributed by atoms with E-state index in [2.05, 4.69) is 4.98 Å². The summed E-state index contributed by atoms with van der Waals surface area (Å²) >= 11 is 0.598. The van der Waals surface area contributed by atoms with Crippen molar-refractivity contribution < 1.29 is 31.1 Å². The Kier molecular flexibility index (Phi) is 5.22. The number of halogens is 6. The van der Waals surface area contributed by atoms with Crippen LogP contribution in [0.5, 0.6) is 0 Å². The highest BCUT2D eigenvalue weighted by Crippen LogP contribution is 2.44. The van der Waals surface area contributed by atoms with Crippen LogP contribution in [0.15, 0.2) is 30.5 Å². The molecular weight excluding hydrogens is 384 g/mol. The molecule has 0 saturated heterocycles. The van der Waals surface area contributed by atoms with Gasteiger partial charge >= 0.3 is 18.0 Å². The molecule has 2 aromatic rings. The van der Waals surface area contributed by atoms with Crippen LogP contribution in [-0.2, 0) is 0 Å². The average Bonchev–Trinajstić information content (AvgIpc) is 2.90. The van der Waals surface area contributed by atoms with Crippen LogP contribution in [0, 0.1) is 13.8 Å². The molecule has 0 saturated carbocycles. The van der Waals surface area contributed by atoms with E-state index in [0.29, 0.717) is 21.8 Å². The van der Waals surface area contributed by atoms with E-state index in [4.69, 9.17) is 0 Å². The number of aromatic nitrogens is 1. The van der Waals surface area contributed by atoms with Crippen molar-refractivity contribution in [2.24, 2.45) is 0 Å². The molecule has 2 rings (SSSR count). The second kappa shape index (κ2) is 6.78. The quantitative estimate of drug-likeness (QED) is 0.593. The molecule has 0 aliphatic carbocycles. The Bertz CT molecular complexity index is 768. The highest BCUT2D eigenvalue weighted by atomic mass is 32.1. The topological polar surface area (TPSA) is 54.0 Å². The maximum Gasteiger partial charge on any atom is 0.439 e. The number of hydrogen-bond donors (Lipinski definition) is 2. The van der Waals surface area contributed by atoms with E-state index < -0.39 is 29.1 Å². The van der Waals surface area contributed by atoms with Crippen molar-refractivity contribution in [1.82, 2.24) is 10.3 Å². The number of thiazole rings is 1. The van der Waals surface area contributed by atoms with Crippen molar-refractivity contribution in [1.29, 1.82) is 0 Å². The molecular formula is C15H13F6N3OS. The first-order valence-corrected chi connectivity index (χ1v) is 7.90. The van der Waals surface area contributed by atoms with E-state index >= 15 is 0 Å². The number of benzene rings is 1. The average molecular weight is 397 g/mol. The van der Waals surface area contributed by atoms with Crippen LogP contribution < -0.4 is 10.6 Å². The minimum absolute atomic E-state index is 0.342. The van der Waals surface area contributed by atoms with Crippen LogP contribution in [-0.4, -0.2) is 28.9 Å². The zero-order valence-corrected chi connectivity index (χ0v) is 14.2. The summed E-state index contributed by atoms with van der Waals surface area (Å²) in [6, 6.07) is 5.07. The van der Waals surface area contributed by atoms with Gasteiger partial charge in [0.05, 0.1) is 0 Å². The molecule has 0 atom stereocenters. The highest BCUT2D eigenvalue weighted by molar-refractivity contribution is 7.15. The summed E-state index contributed by atoms with van der Waals surface area (Å²) in [7, 11) is 0. The molecule has 0 fully saturated rings. The van der Waals surface area contributed by atoms with Gasteiger partial charge in [-0.2, -0.15) is 26.3 Å². The number of nitrogens with zero attached hydrogens (tertiary/aromatic N) is 1. The third-order valence-electron chi connectivity index (χ3n) is 3.38. The Morgan fingerprint density at radius 2 is 1.54 bits per heavy atom. The minimum Gasteiger partial charge on any atom is -0.324 e. The van der Waals surface area contributed by atoms with Crippen molar-refractivity contribution in [2.75, 3.05) is 5.32 Å². The molecule has 142 valence electrons. The zero-order valence-electron chi connectivity index (χ0n) is 13.4. The van der Waals surface area contributed by atoms with Crippen LogP contribution in [0.4, 0.5) is 31.5 Å². The summed E-state index contributed by atoms with van der Waals surface area (Å²) in [4.78, 5) is 16.0. The van der Waals surface area contributed by atoms with Crippen LogP contribution in [0.3, 0.4) is 0 Å². The van der Waals surface area contributed by atoms with Gasteiger partial charge in [0.2, 0.25) is 0 Å². The van der Waals surface area contributed by atoms with Gasteiger partial charge in [-0.05, 0) is 26.0 Å². The number of rotatable bonds is 4. The van der Waals surface area contributed by atoms with E-state index in [1.54, 1.807) is 6.92 Å². The standard InChI is InChI=1S/C15H13F6N3OS/c1-8-3-5-10(6-4-8)11(25)23-13(14(16,17)18,15(19,20)21)24-12-22-7-9(2)26-12/h3-7H,1-2H3,(H,22,24)(H,23,25). The van der Waals surface area contributed by atoms with E-state index in [9.17, 15) is 31.1 Å². The third-order valence-corrected chi connectivity index (χ3v) is 4.21. The monoisotopic (exact) mass is 397 g/mol. The van der Waals surface area contributed by atoms with Gasteiger partial charge in [0.1, 0.15) is 0 Å². The van der Waals surface area contributed by atoms with Crippen LogP contribution in [0.1, 0.15) is 20.8 Å². The predicted molar refractivity (Wildman–Crippen MR) is 84.0 cm³/mol. The van der Waals surface area contributed by atoms with E-state index in [1.165, 1.54) is 24.4 Å². The van der Waals surface area contributed by atoms with Crippen LogP contribution in [0.2, 0.25) is 0 Å². The number of alkyl halides is 6. The predicted octanol–water partition coefficient (Wildman–Crippen LogP) is 4.42. The summed E-state index contributed by atoms with van der Waals surface area (Å²) in [6.07, 6.45) is -10.7. The van der Waals surface area contributed by atoms with Gasteiger partial charge in [-0.3, -0.25) is 4.79 Å². The summed E-state index contributed by atoms with van der Waals surface area (Å²) in [5, 5.41) is 1.78. The second-order valence-corrected chi connectivity index (χ2v) is 6.70. The molecule has 1 heterocycles. The smallest absolute Gasteiger partial charge is 0.324 e. The third kappa shape index (κ3) is 3.92. The lowest BCUT2D eigenvalue weighted by Crippen LogP contribution is -2.72. The summed E-state index contributed by atoms with van der Waals surface area (Å²) < 4.78 is 80.9. The summed E-state index contributed by atoms with van der Waals surface area (Å²) in [5.74, 6) is -1.53.